The molecule has 0 aliphatic rings. The number of thioether (sulfide) groups is 1. The highest BCUT2D eigenvalue weighted by Gasteiger charge is 2.17. The van der Waals surface area contributed by atoms with Gasteiger partial charge in [0.1, 0.15) is 11.6 Å². The molecule has 2 aromatic carbocycles. The minimum Gasteiger partial charge on any atom is -0.495 e. The second-order valence-electron chi connectivity index (χ2n) is 6.62. The van der Waals surface area contributed by atoms with Gasteiger partial charge in [-0.15, -0.1) is 10.2 Å². The van der Waals surface area contributed by atoms with Gasteiger partial charge < -0.3 is 10.1 Å². The number of methoxy groups -OCH3 is 1. The van der Waals surface area contributed by atoms with E-state index in [1.807, 2.05) is 60.0 Å². The molecule has 0 radical (unpaired) electrons. The number of amides is 1. The molecule has 0 atom stereocenters. The van der Waals surface area contributed by atoms with E-state index in [1.165, 1.54) is 11.8 Å². The third-order valence-electron chi connectivity index (χ3n) is 4.31. The molecule has 0 unspecified atom stereocenters. The number of anilines is 1. The molecule has 6 nitrogen and oxygen atoms in total. The molecule has 0 fully saturated rings. The maximum absolute atomic E-state index is 12.5. The Balaban J connectivity index is 1.75. The predicted molar refractivity (Wildman–Crippen MR) is 113 cm³/mol. The molecule has 0 aliphatic carbocycles. The number of aryl methyl sites for hydroxylation is 1. The van der Waals surface area contributed by atoms with E-state index in [0.717, 1.165) is 28.5 Å². The zero-order valence-corrected chi connectivity index (χ0v) is 17.3. The number of ether oxygens (including phenoxy) is 1. The van der Waals surface area contributed by atoms with E-state index in [-0.39, 0.29) is 11.7 Å². The number of hydrogen-bond donors (Lipinski definition) is 1. The van der Waals surface area contributed by atoms with Crippen LogP contribution >= 0.6 is 11.8 Å². The van der Waals surface area contributed by atoms with Gasteiger partial charge in [0.15, 0.2) is 5.16 Å². The summed E-state index contributed by atoms with van der Waals surface area (Å²) >= 11 is 1.35. The summed E-state index contributed by atoms with van der Waals surface area (Å²) in [5.74, 6) is 1.95. The molecule has 1 aromatic heterocycles. The number of aromatic nitrogens is 3. The zero-order valence-electron chi connectivity index (χ0n) is 16.5. The number of carbonyl (C=O) groups is 1. The van der Waals surface area contributed by atoms with Gasteiger partial charge in [0.25, 0.3) is 0 Å². The standard InChI is InChI=1S/C21H24N4O2S/c1-14(2)16-9-5-6-10-17(16)22-20(26)13-28-21-24-23-15(3)25(21)18-11-7-8-12-19(18)27-4/h5-12,14H,13H2,1-4H3,(H,22,26). The van der Waals surface area contributed by atoms with Crippen LogP contribution in [-0.4, -0.2) is 33.5 Å². The lowest BCUT2D eigenvalue weighted by Gasteiger charge is -2.14. The van der Waals surface area contributed by atoms with Crippen LogP contribution in [0.15, 0.2) is 53.7 Å². The average molecular weight is 397 g/mol. The quantitative estimate of drug-likeness (QED) is 0.598. The monoisotopic (exact) mass is 396 g/mol. The van der Waals surface area contributed by atoms with E-state index >= 15 is 0 Å². The van der Waals surface area contributed by atoms with Crippen LogP contribution in [0.25, 0.3) is 5.69 Å². The molecule has 1 N–H and O–H groups in total. The van der Waals surface area contributed by atoms with Gasteiger partial charge in [0.05, 0.1) is 18.6 Å². The Morgan fingerprint density at radius 3 is 2.61 bits per heavy atom. The first-order valence-corrected chi connectivity index (χ1v) is 10.1. The van der Waals surface area contributed by atoms with Gasteiger partial charge in [-0.2, -0.15) is 0 Å². The third-order valence-corrected chi connectivity index (χ3v) is 5.24. The van der Waals surface area contributed by atoms with Crippen molar-refractivity contribution in [2.24, 2.45) is 0 Å². The van der Waals surface area contributed by atoms with Crippen LogP contribution in [0.5, 0.6) is 5.75 Å². The Kier molecular flexibility index (Phi) is 6.36. The molecule has 146 valence electrons. The Hall–Kier alpha value is -2.80. The van der Waals surface area contributed by atoms with Crippen molar-refractivity contribution in [1.29, 1.82) is 0 Å². The molecule has 7 heteroatoms. The highest BCUT2D eigenvalue weighted by atomic mass is 32.2. The van der Waals surface area contributed by atoms with Crippen molar-refractivity contribution in [2.45, 2.75) is 31.8 Å². The number of benzene rings is 2. The molecule has 0 saturated carbocycles. The third kappa shape index (κ3) is 4.36. The molecule has 0 aliphatic heterocycles. The Morgan fingerprint density at radius 2 is 1.86 bits per heavy atom. The van der Waals surface area contributed by atoms with E-state index in [1.54, 1.807) is 7.11 Å². The maximum Gasteiger partial charge on any atom is 0.234 e. The topological polar surface area (TPSA) is 69.0 Å². The summed E-state index contributed by atoms with van der Waals surface area (Å²) in [7, 11) is 1.63. The summed E-state index contributed by atoms with van der Waals surface area (Å²) in [5.41, 5.74) is 2.82. The number of nitrogens with one attached hydrogen (secondary N) is 1. The second kappa shape index (κ2) is 8.93. The first-order valence-electron chi connectivity index (χ1n) is 9.08. The summed E-state index contributed by atoms with van der Waals surface area (Å²) in [6.45, 7) is 6.10. The van der Waals surface area contributed by atoms with Gasteiger partial charge in [-0.25, -0.2) is 0 Å². The van der Waals surface area contributed by atoms with Gasteiger partial charge >= 0.3 is 0 Å². The molecule has 0 spiro atoms. The Bertz CT molecular complexity index is 969. The maximum atomic E-state index is 12.5. The SMILES string of the molecule is COc1ccccc1-n1c(C)nnc1SCC(=O)Nc1ccccc1C(C)C. The van der Waals surface area contributed by atoms with E-state index in [0.29, 0.717) is 11.1 Å². The van der Waals surface area contributed by atoms with E-state index < -0.39 is 0 Å². The van der Waals surface area contributed by atoms with Crippen LogP contribution in [0.3, 0.4) is 0 Å². The smallest absolute Gasteiger partial charge is 0.234 e. The largest absolute Gasteiger partial charge is 0.495 e. The highest BCUT2D eigenvalue weighted by Crippen LogP contribution is 2.29. The van der Waals surface area contributed by atoms with Crippen LogP contribution in [-0.2, 0) is 4.79 Å². The minimum atomic E-state index is -0.0784. The van der Waals surface area contributed by atoms with Crippen LogP contribution in [0.4, 0.5) is 5.69 Å². The summed E-state index contributed by atoms with van der Waals surface area (Å²) in [5, 5.41) is 12.1. The summed E-state index contributed by atoms with van der Waals surface area (Å²) in [6, 6.07) is 15.6. The van der Waals surface area contributed by atoms with Gasteiger partial charge in [-0.05, 0) is 36.6 Å². The molecule has 3 rings (SSSR count). The van der Waals surface area contributed by atoms with E-state index in [4.69, 9.17) is 4.74 Å². The Morgan fingerprint density at radius 1 is 1.14 bits per heavy atom. The van der Waals surface area contributed by atoms with Crippen molar-refractivity contribution >= 4 is 23.4 Å². The van der Waals surface area contributed by atoms with Crippen molar-refractivity contribution < 1.29 is 9.53 Å². The predicted octanol–water partition coefficient (Wildman–Crippen LogP) is 4.44. The Labute approximate surface area is 169 Å². The lowest BCUT2D eigenvalue weighted by molar-refractivity contribution is -0.113. The molecule has 1 heterocycles. The fourth-order valence-electron chi connectivity index (χ4n) is 2.96. The lowest BCUT2D eigenvalue weighted by Crippen LogP contribution is -2.16. The fourth-order valence-corrected chi connectivity index (χ4v) is 3.75. The molecular weight excluding hydrogens is 372 g/mol. The summed E-state index contributed by atoms with van der Waals surface area (Å²) in [4.78, 5) is 12.5. The number of rotatable bonds is 7. The van der Waals surface area contributed by atoms with Crippen molar-refractivity contribution in [1.82, 2.24) is 14.8 Å². The van der Waals surface area contributed by atoms with Gasteiger partial charge in [-0.1, -0.05) is 55.9 Å². The van der Waals surface area contributed by atoms with Gasteiger partial charge in [0.2, 0.25) is 5.91 Å². The number of nitrogens with zero attached hydrogens (tertiary/aromatic N) is 3. The molecule has 3 aromatic rings. The zero-order chi connectivity index (χ0) is 20.1. The van der Waals surface area contributed by atoms with Crippen molar-refractivity contribution in [3.05, 3.63) is 59.9 Å². The summed E-state index contributed by atoms with van der Waals surface area (Å²) in [6.07, 6.45) is 0. The highest BCUT2D eigenvalue weighted by molar-refractivity contribution is 7.99. The van der Waals surface area contributed by atoms with Crippen molar-refractivity contribution in [3.63, 3.8) is 0 Å². The second-order valence-corrected chi connectivity index (χ2v) is 7.56. The molecule has 0 saturated heterocycles. The van der Waals surface area contributed by atoms with Gasteiger partial charge in [-0.3, -0.25) is 9.36 Å². The normalized spacial score (nSPS) is 10.9. The average Bonchev–Trinajstić information content (AvgIpc) is 3.06. The van der Waals surface area contributed by atoms with Gasteiger partial charge in [0, 0.05) is 5.69 Å². The lowest BCUT2D eigenvalue weighted by atomic mass is 10.0. The van der Waals surface area contributed by atoms with Crippen LogP contribution < -0.4 is 10.1 Å². The van der Waals surface area contributed by atoms with E-state index in [2.05, 4.69) is 29.4 Å². The van der Waals surface area contributed by atoms with Crippen LogP contribution in [0, 0.1) is 6.92 Å². The summed E-state index contributed by atoms with van der Waals surface area (Å²) < 4.78 is 7.36. The van der Waals surface area contributed by atoms with Crippen molar-refractivity contribution in [3.8, 4) is 11.4 Å². The first-order chi connectivity index (χ1) is 13.5. The molecule has 0 bridgehead atoms. The fraction of sp³-hybridized carbons (Fsp3) is 0.286. The number of para-hydroxylation sites is 3. The number of hydrogen-bond acceptors (Lipinski definition) is 5. The van der Waals surface area contributed by atoms with E-state index in [9.17, 15) is 4.79 Å². The van der Waals surface area contributed by atoms with Crippen LogP contribution in [0.2, 0.25) is 0 Å². The molecule has 1 amide bonds. The number of carbonyl (C=O) groups excluding carboxylic acids is 1. The van der Waals surface area contributed by atoms with Crippen molar-refractivity contribution in [2.75, 3.05) is 18.2 Å². The molecular formula is C21H24N4O2S. The minimum absolute atomic E-state index is 0.0784. The van der Waals surface area contributed by atoms with Crippen LogP contribution in [0.1, 0.15) is 31.2 Å². The first kappa shape index (κ1) is 19.9. The molecule has 28 heavy (non-hydrogen) atoms.